The number of halogens is 2. The maximum absolute atomic E-state index is 14.7. The van der Waals surface area contributed by atoms with E-state index in [4.69, 9.17) is 49.2 Å². The first-order chi connectivity index (χ1) is 45.7. The average Bonchev–Trinajstić information content (AvgIpc) is 1.52. The molecule has 2 aromatic heterocycles. The highest BCUT2D eigenvalue weighted by molar-refractivity contribution is 7.99. The first-order valence-corrected chi connectivity index (χ1v) is 34.8. The molecule has 1 saturated carbocycles. The minimum Gasteiger partial charge on any atom is -0.487 e. The summed E-state index contributed by atoms with van der Waals surface area (Å²) in [5.74, 6) is -3.93. The Bertz CT molecular complexity index is 3430. The third-order valence-electron chi connectivity index (χ3n) is 19.3. The molecule has 2 bridgehead atoms. The standard InChI is InChI=1S/C72H95ClFN5O15S/c1-42-29-48(14-12-27-95-28-25-75-39-52-20-24-61(92-52)49-18-21-56-54(35-49)69(77-41-76-56)78-51-19-23-62(55(73)36-51)91-40-47-13-11-15-50(74)33-47)60(82)38-59(81)45(4)66(43(2)31-46-17-22-58(80)63(34-46)88-6)93-71(85)57-16-9-10-26-79(57)70(84)68(83)72(86)44(3)32-64(89-7)67(94-72)65(90-8)37-53(30-42)87-5/h11,13,15,18-21,23-24,29,31,33,35-36,41,44-46,48,53,57-60,63-67,75,80-82,86H,9-10,12,14,16-17,22,25-28,30,32,34,37-40H2,1-8H3,(H,76,77,78)/b42-29+,43-31+/t44-,45-,46+,48-,53+,57+,58-,59+,60?,63-,64+,65+,66-,67+,72-/m1/s1. The lowest BCUT2D eigenvalue weighted by Crippen LogP contribution is -2.64. The third kappa shape index (κ3) is 18.9. The Labute approximate surface area is 566 Å². The van der Waals surface area contributed by atoms with Gasteiger partial charge in [0.1, 0.15) is 60.1 Å². The minimum atomic E-state index is -2.59. The maximum Gasteiger partial charge on any atom is 0.329 e. The Morgan fingerprint density at radius 2 is 1.65 bits per heavy atom. The summed E-state index contributed by atoms with van der Waals surface area (Å²) in [5, 5.41) is 55.6. The van der Waals surface area contributed by atoms with Gasteiger partial charge in [-0.2, -0.15) is 11.8 Å². The number of Topliss-reactive ketones (excluding diaryl/α,β-unsaturated/α-hetero) is 1. The van der Waals surface area contributed by atoms with Gasteiger partial charge in [0.25, 0.3) is 11.7 Å². The molecule has 5 heterocycles. The van der Waals surface area contributed by atoms with Crippen LogP contribution < -0.4 is 15.4 Å². The number of furan rings is 1. The number of ketones is 1. The molecule has 15 atom stereocenters. The molecule has 0 spiro atoms. The number of cyclic esters (lactones) is 1. The summed E-state index contributed by atoms with van der Waals surface area (Å²) >= 11 is 8.41. The van der Waals surface area contributed by atoms with E-state index >= 15 is 0 Å². The molecule has 6 N–H and O–H groups in total. The quantitative estimate of drug-likeness (QED) is 0.0173. The van der Waals surface area contributed by atoms with Crippen molar-refractivity contribution in [1.82, 2.24) is 20.2 Å². The second kappa shape index (κ2) is 34.6. The van der Waals surface area contributed by atoms with Crippen LogP contribution in [0.2, 0.25) is 5.02 Å². The lowest BCUT2D eigenvalue weighted by molar-refractivity contribution is -0.303. The van der Waals surface area contributed by atoms with E-state index < -0.39 is 102 Å². The smallest absolute Gasteiger partial charge is 0.329 e. The van der Waals surface area contributed by atoms with Crippen molar-refractivity contribution < 1.29 is 76.8 Å². The molecule has 518 valence electrons. The number of allylic oxidation sites excluding steroid dienone is 1. The fourth-order valence-electron chi connectivity index (χ4n) is 13.7. The SMILES string of the molecule is CO[C@H]1C/C(C)=C/[C@@H](CCCSCCNCc2ccc(-c3ccc4ncnc(Nc5ccc(OCc6cccc(F)c6)c(Cl)c5)c4c3)o2)C(O)C[C@H](O)[C@@H](C)[C@@H](/C(C)=C/[C@@H]2CC[C@@H](O)[C@H](OC)C2)OC(=O)[C@@H]2CCCCN2C(=O)C(=O)[C@]2(O)O[C@H]([C@@H](OC)C1)[C@@H](OC)C[C@H]2C. The summed E-state index contributed by atoms with van der Waals surface area (Å²) < 4.78 is 62.4. The first kappa shape index (κ1) is 73.4. The third-order valence-corrected chi connectivity index (χ3v) is 20.7. The Morgan fingerprint density at radius 1 is 0.863 bits per heavy atom. The van der Waals surface area contributed by atoms with E-state index in [2.05, 4.69) is 26.7 Å². The molecule has 4 aliphatic rings. The lowest BCUT2D eigenvalue weighted by Gasteiger charge is -2.47. The molecule has 3 aromatic carbocycles. The highest BCUT2D eigenvalue weighted by Crippen LogP contribution is 2.40. The van der Waals surface area contributed by atoms with Gasteiger partial charge in [-0.05, 0) is 162 Å². The van der Waals surface area contributed by atoms with Crippen LogP contribution in [-0.2, 0) is 56.0 Å². The number of ether oxygens (including phenoxy) is 7. The molecule has 1 unspecified atom stereocenters. The van der Waals surface area contributed by atoms with Crippen molar-refractivity contribution in [3.63, 3.8) is 0 Å². The number of carbonyl (C=O) groups excluding carboxylic acids is 3. The van der Waals surface area contributed by atoms with Gasteiger partial charge >= 0.3 is 5.97 Å². The summed E-state index contributed by atoms with van der Waals surface area (Å²) in [7, 11) is 6.18. The van der Waals surface area contributed by atoms with Crippen molar-refractivity contribution in [2.75, 3.05) is 58.4 Å². The van der Waals surface area contributed by atoms with Crippen LogP contribution in [0.1, 0.15) is 116 Å². The Hall–Kier alpha value is -5.86. The second-order valence-corrected chi connectivity index (χ2v) is 27.7. The second-order valence-electron chi connectivity index (χ2n) is 26.0. The molecular weight excluding hydrogens is 1260 g/mol. The number of benzene rings is 3. The van der Waals surface area contributed by atoms with Gasteiger partial charge in [0.15, 0.2) is 0 Å². The van der Waals surface area contributed by atoms with Gasteiger partial charge in [0, 0.05) is 94.5 Å². The number of methoxy groups -OCH3 is 4. The fraction of sp³-hybridized carbons (Fsp3) is 0.569. The molecule has 1 aliphatic carbocycles. The van der Waals surface area contributed by atoms with Gasteiger partial charge in [-0.3, -0.25) is 9.59 Å². The summed E-state index contributed by atoms with van der Waals surface area (Å²) in [6.07, 6.45) is 3.57. The van der Waals surface area contributed by atoms with E-state index in [0.717, 1.165) is 45.7 Å². The molecule has 0 radical (unpaired) electrons. The number of amides is 1. The van der Waals surface area contributed by atoms with Crippen LogP contribution in [0.5, 0.6) is 5.75 Å². The van der Waals surface area contributed by atoms with Crippen molar-refractivity contribution in [3.05, 3.63) is 125 Å². The van der Waals surface area contributed by atoms with E-state index in [1.165, 1.54) is 37.6 Å². The van der Waals surface area contributed by atoms with E-state index in [1.807, 2.05) is 56.3 Å². The zero-order valence-electron chi connectivity index (χ0n) is 55.8. The van der Waals surface area contributed by atoms with Crippen LogP contribution in [-0.4, -0.2) is 173 Å². The summed E-state index contributed by atoms with van der Waals surface area (Å²) in [5.41, 5.74) is 4.53. The number of fused-ring (bicyclic) bond motifs is 4. The molecule has 1 amide bonds. The number of aliphatic hydroxyl groups excluding tert-OH is 3. The monoisotopic (exact) mass is 1360 g/mol. The van der Waals surface area contributed by atoms with Gasteiger partial charge in [-0.25, -0.2) is 19.2 Å². The van der Waals surface area contributed by atoms with E-state index in [9.17, 15) is 39.2 Å². The highest BCUT2D eigenvalue weighted by atomic mass is 35.5. The van der Waals surface area contributed by atoms with Crippen molar-refractivity contribution in [3.8, 4) is 17.1 Å². The topological polar surface area (TPSA) is 263 Å². The van der Waals surface area contributed by atoms with Crippen molar-refractivity contribution >= 4 is 63.4 Å². The molecule has 95 heavy (non-hydrogen) atoms. The highest BCUT2D eigenvalue weighted by Gasteiger charge is 2.57. The number of aromatic nitrogens is 2. The molecule has 5 aromatic rings. The van der Waals surface area contributed by atoms with Gasteiger partial charge in [-0.1, -0.05) is 55.3 Å². The molecule has 9 rings (SSSR count). The van der Waals surface area contributed by atoms with E-state index in [-0.39, 0.29) is 50.6 Å². The normalized spacial score (nSPS) is 30.0. The van der Waals surface area contributed by atoms with Crippen LogP contribution in [0.3, 0.4) is 0 Å². The van der Waals surface area contributed by atoms with Gasteiger partial charge in [0.2, 0.25) is 5.79 Å². The summed E-state index contributed by atoms with van der Waals surface area (Å²) in [6, 6.07) is 20.1. The summed E-state index contributed by atoms with van der Waals surface area (Å²) in [6.45, 7) is 8.65. The fourth-order valence-corrected chi connectivity index (χ4v) is 14.8. The Balaban J connectivity index is 0.856. The lowest BCUT2D eigenvalue weighted by atomic mass is 9.81. The van der Waals surface area contributed by atoms with Crippen molar-refractivity contribution in [2.24, 2.45) is 23.7 Å². The maximum atomic E-state index is 14.7. The number of piperidine rings is 1. The van der Waals surface area contributed by atoms with Crippen LogP contribution in [0, 0.1) is 29.5 Å². The predicted octanol–water partition coefficient (Wildman–Crippen LogP) is 10.9. The molecule has 3 fully saturated rings. The number of nitrogens with one attached hydrogen (secondary N) is 2. The zero-order valence-corrected chi connectivity index (χ0v) is 57.3. The van der Waals surface area contributed by atoms with Crippen LogP contribution in [0.15, 0.2) is 107 Å². The molecule has 3 aliphatic heterocycles. The molecule has 20 nitrogen and oxygen atoms in total. The number of aliphatic hydroxyl groups is 4. The number of hydrogen-bond donors (Lipinski definition) is 6. The number of carbonyl (C=O) groups is 3. The van der Waals surface area contributed by atoms with Gasteiger partial charge in [-0.15, -0.1) is 0 Å². The Morgan fingerprint density at radius 3 is 2.41 bits per heavy atom. The van der Waals surface area contributed by atoms with Crippen LogP contribution in [0.25, 0.3) is 22.2 Å². The van der Waals surface area contributed by atoms with Crippen molar-refractivity contribution in [2.45, 2.75) is 185 Å². The van der Waals surface area contributed by atoms with Gasteiger partial charge < -0.3 is 73.5 Å². The molecule has 2 saturated heterocycles. The van der Waals surface area contributed by atoms with Crippen molar-refractivity contribution in [1.29, 1.82) is 0 Å². The minimum absolute atomic E-state index is 0.0433. The van der Waals surface area contributed by atoms with Crippen LogP contribution >= 0.6 is 23.4 Å². The zero-order chi connectivity index (χ0) is 67.9. The number of anilines is 2. The largest absolute Gasteiger partial charge is 0.487 e. The first-order valence-electron chi connectivity index (χ1n) is 33.2. The van der Waals surface area contributed by atoms with Gasteiger partial charge in [0.05, 0.1) is 59.8 Å². The predicted molar refractivity (Wildman–Crippen MR) is 361 cm³/mol. The summed E-state index contributed by atoms with van der Waals surface area (Å²) in [4.78, 5) is 54.0. The van der Waals surface area contributed by atoms with E-state index in [1.54, 1.807) is 64.1 Å². The van der Waals surface area contributed by atoms with Crippen LogP contribution in [0.4, 0.5) is 15.9 Å². The Kier molecular flexibility index (Phi) is 26.7. The molecule has 23 heteroatoms. The average molecular weight is 1360 g/mol. The number of thioether (sulfide) groups is 1. The number of nitrogens with zero attached hydrogens (tertiary/aromatic N) is 3. The number of rotatable bonds is 21. The van der Waals surface area contributed by atoms with E-state index in [0.29, 0.717) is 97.2 Å². The molecular formula is C72H95ClFN5O15S. The number of esters is 1. The number of hydrogen-bond acceptors (Lipinski definition) is 20.